The van der Waals surface area contributed by atoms with Crippen LogP contribution in [-0.4, -0.2) is 18.5 Å². The second-order valence-electron chi connectivity index (χ2n) is 5.40. The van der Waals surface area contributed by atoms with Crippen LogP contribution in [0.15, 0.2) is 0 Å². The van der Waals surface area contributed by atoms with E-state index in [1.54, 1.807) is 0 Å². The monoisotopic (exact) mass is 228 g/mol. The van der Waals surface area contributed by atoms with Crippen LogP contribution in [0.25, 0.3) is 0 Å². The zero-order chi connectivity index (χ0) is 12.0. The van der Waals surface area contributed by atoms with Crippen LogP contribution in [0.4, 0.5) is 0 Å². The minimum absolute atomic E-state index is 0.0138. The molecule has 16 heavy (non-hydrogen) atoms. The molecule has 1 unspecified atom stereocenters. The second-order valence-corrected chi connectivity index (χ2v) is 5.40. The minimum atomic E-state index is 0.0138. The van der Waals surface area contributed by atoms with Gasteiger partial charge in [0.1, 0.15) is 0 Å². The van der Waals surface area contributed by atoms with Gasteiger partial charge in [-0.05, 0) is 19.8 Å². The van der Waals surface area contributed by atoms with Crippen molar-refractivity contribution >= 4 is 0 Å². The third-order valence-electron chi connectivity index (χ3n) is 3.21. The van der Waals surface area contributed by atoms with Gasteiger partial charge >= 0.3 is 0 Å². The molecule has 96 valence electrons. The van der Waals surface area contributed by atoms with Crippen LogP contribution in [0.2, 0.25) is 0 Å². The van der Waals surface area contributed by atoms with Gasteiger partial charge in [-0.1, -0.05) is 46.5 Å². The van der Waals surface area contributed by atoms with E-state index in [0.29, 0.717) is 18.1 Å². The van der Waals surface area contributed by atoms with Crippen molar-refractivity contribution < 1.29 is 9.47 Å². The fourth-order valence-electron chi connectivity index (χ4n) is 2.23. The Labute approximate surface area is 101 Å². The molecule has 0 N–H and O–H groups in total. The molecular weight excluding hydrogens is 200 g/mol. The third-order valence-corrected chi connectivity index (χ3v) is 3.21. The van der Waals surface area contributed by atoms with Crippen LogP contribution in [-0.2, 0) is 9.47 Å². The largest absolute Gasteiger partial charge is 0.349 e. The zero-order valence-electron chi connectivity index (χ0n) is 11.4. The third kappa shape index (κ3) is 4.84. The van der Waals surface area contributed by atoms with Gasteiger partial charge in [-0.15, -0.1) is 0 Å². The summed E-state index contributed by atoms with van der Waals surface area (Å²) >= 11 is 0. The maximum Gasteiger partial charge on any atom is 0.160 e. The summed E-state index contributed by atoms with van der Waals surface area (Å²) in [7, 11) is 0. The molecule has 2 heteroatoms. The van der Waals surface area contributed by atoms with Crippen molar-refractivity contribution in [2.75, 3.05) is 0 Å². The Bertz CT molecular complexity index is 180. The van der Waals surface area contributed by atoms with Gasteiger partial charge in [0.05, 0.1) is 12.2 Å². The van der Waals surface area contributed by atoms with E-state index >= 15 is 0 Å². The molecule has 0 spiro atoms. The highest BCUT2D eigenvalue weighted by Gasteiger charge is 2.28. The van der Waals surface area contributed by atoms with Gasteiger partial charge < -0.3 is 9.47 Å². The lowest BCUT2D eigenvalue weighted by atomic mass is 10.0. The first-order valence-electron chi connectivity index (χ1n) is 6.94. The zero-order valence-corrected chi connectivity index (χ0v) is 11.4. The summed E-state index contributed by atoms with van der Waals surface area (Å²) in [6.07, 6.45) is 8.37. The summed E-state index contributed by atoms with van der Waals surface area (Å²) in [6, 6.07) is 0. The highest BCUT2D eigenvalue weighted by atomic mass is 16.7. The smallest absolute Gasteiger partial charge is 0.160 e. The Morgan fingerprint density at radius 2 is 1.88 bits per heavy atom. The Morgan fingerprint density at radius 1 is 1.12 bits per heavy atom. The standard InChI is InChI=1S/C14H28O2/c1-5-6-7-8-9-13-10-12(4)15-14(16-13)11(2)3/h11-14H,5-10H2,1-4H3/t12-,13-,14?/m0/s1. The predicted molar refractivity (Wildman–Crippen MR) is 67.4 cm³/mol. The SMILES string of the molecule is CCCCCC[C@H]1C[C@H](C)OC(C(C)C)O1. The number of rotatable bonds is 6. The predicted octanol–water partition coefficient (Wildman–Crippen LogP) is 4.13. The molecule has 1 saturated heterocycles. The molecule has 0 radical (unpaired) electrons. The lowest BCUT2D eigenvalue weighted by molar-refractivity contribution is -0.256. The van der Waals surface area contributed by atoms with Crippen molar-refractivity contribution in [2.45, 2.75) is 84.7 Å². The molecule has 0 bridgehead atoms. The number of unbranched alkanes of at least 4 members (excludes halogenated alkanes) is 3. The Hall–Kier alpha value is -0.0800. The molecule has 2 nitrogen and oxygen atoms in total. The minimum Gasteiger partial charge on any atom is -0.349 e. The summed E-state index contributed by atoms with van der Waals surface area (Å²) < 4.78 is 11.8. The molecule has 3 atom stereocenters. The number of hydrogen-bond acceptors (Lipinski definition) is 2. The van der Waals surface area contributed by atoms with E-state index in [1.807, 2.05) is 0 Å². The fourth-order valence-corrected chi connectivity index (χ4v) is 2.23. The lowest BCUT2D eigenvalue weighted by Gasteiger charge is -2.36. The summed E-state index contributed by atoms with van der Waals surface area (Å²) in [5.74, 6) is 0.459. The maximum absolute atomic E-state index is 5.98. The molecule has 1 rings (SSSR count). The van der Waals surface area contributed by atoms with Crippen molar-refractivity contribution in [3.63, 3.8) is 0 Å². The van der Waals surface area contributed by atoms with E-state index in [-0.39, 0.29) is 6.29 Å². The van der Waals surface area contributed by atoms with Crippen LogP contribution >= 0.6 is 0 Å². The van der Waals surface area contributed by atoms with E-state index in [9.17, 15) is 0 Å². The highest BCUT2D eigenvalue weighted by Crippen LogP contribution is 2.26. The van der Waals surface area contributed by atoms with Gasteiger partial charge in [0.15, 0.2) is 6.29 Å². The molecule has 1 fully saturated rings. The first-order chi connectivity index (χ1) is 7.63. The summed E-state index contributed by atoms with van der Waals surface area (Å²) in [4.78, 5) is 0. The van der Waals surface area contributed by atoms with Crippen LogP contribution in [0, 0.1) is 5.92 Å². The van der Waals surface area contributed by atoms with Crippen molar-refractivity contribution in [1.29, 1.82) is 0 Å². The van der Waals surface area contributed by atoms with E-state index in [1.165, 1.54) is 32.1 Å². The molecule has 1 aliphatic heterocycles. The molecular formula is C14H28O2. The van der Waals surface area contributed by atoms with E-state index < -0.39 is 0 Å². The first-order valence-corrected chi connectivity index (χ1v) is 6.94. The number of ether oxygens (including phenoxy) is 2. The van der Waals surface area contributed by atoms with Crippen LogP contribution in [0.5, 0.6) is 0 Å². The van der Waals surface area contributed by atoms with Crippen LogP contribution in [0.1, 0.15) is 66.2 Å². The Morgan fingerprint density at radius 3 is 2.50 bits per heavy atom. The van der Waals surface area contributed by atoms with Crippen molar-refractivity contribution in [3.8, 4) is 0 Å². The van der Waals surface area contributed by atoms with Gasteiger partial charge in [0, 0.05) is 5.92 Å². The van der Waals surface area contributed by atoms with Crippen molar-refractivity contribution in [3.05, 3.63) is 0 Å². The van der Waals surface area contributed by atoms with Gasteiger partial charge in [0.25, 0.3) is 0 Å². The quantitative estimate of drug-likeness (QED) is 0.636. The summed E-state index contributed by atoms with van der Waals surface area (Å²) in [5.41, 5.74) is 0. The Kier molecular flexibility index (Phi) is 6.37. The summed E-state index contributed by atoms with van der Waals surface area (Å²) in [6.45, 7) is 8.74. The molecule has 1 aliphatic rings. The highest BCUT2D eigenvalue weighted by molar-refractivity contribution is 4.71. The average Bonchev–Trinajstić information content (AvgIpc) is 2.23. The molecule has 0 aromatic carbocycles. The number of hydrogen-bond donors (Lipinski definition) is 0. The summed E-state index contributed by atoms with van der Waals surface area (Å²) in [5, 5.41) is 0. The van der Waals surface area contributed by atoms with Crippen LogP contribution < -0.4 is 0 Å². The van der Waals surface area contributed by atoms with E-state index in [4.69, 9.17) is 9.47 Å². The topological polar surface area (TPSA) is 18.5 Å². The normalized spacial score (nSPS) is 30.9. The molecule has 0 saturated carbocycles. The lowest BCUT2D eigenvalue weighted by Crippen LogP contribution is -2.39. The van der Waals surface area contributed by atoms with Crippen LogP contribution in [0.3, 0.4) is 0 Å². The molecule has 0 aromatic rings. The molecule has 0 amide bonds. The maximum atomic E-state index is 5.98. The van der Waals surface area contributed by atoms with Gasteiger partial charge in [0.2, 0.25) is 0 Å². The van der Waals surface area contributed by atoms with Gasteiger partial charge in [-0.25, -0.2) is 0 Å². The molecule has 1 heterocycles. The van der Waals surface area contributed by atoms with Gasteiger partial charge in [-0.2, -0.15) is 0 Å². The van der Waals surface area contributed by atoms with Crippen molar-refractivity contribution in [2.24, 2.45) is 5.92 Å². The Balaban J connectivity index is 2.25. The second kappa shape index (κ2) is 7.29. The van der Waals surface area contributed by atoms with Crippen molar-refractivity contribution in [1.82, 2.24) is 0 Å². The molecule has 0 aliphatic carbocycles. The van der Waals surface area contributed by atoms with E-state index in [0.717, 1.165) is 6.42 Å². The van der Waals surface area contributed by atoms with E-state index in [2.05, 4.69) is 27.7 Å². The first kappa shape index (κ1) is 14.0. The fraction of sp³-hybridized carbons (Fsp3) is 1.00. The molecule has 0 aromatic heterocycles. The van der Waals surface area contributed by atoms with Gasteiger partial charge in [-0.3, -0.25) is 0 Å². The average molecular weight is 228 g/mol.